The van der Waals surface area contributed by atoms with Gasteiger partial charge in [0.25, 0.3) is 0 Å². The second-order valence-corrected chi connectivity index (χ2v) is 4.93. The Morgan fingerprint density at radius 3 is 2.15 bits per heavy atom. The quantitative estimate of drug-likeness (QED) is 0.667. The van der Waals surface area contributed by atoms with Crippen LogP contribution in [0, 0.1) is 5.41 Å². The van der Waals surface area contributed by atoms with Crippen LogP contribution in [0.1, 0.15) is 41.0 Å². The number of allylic oxidation sites excluding steroid dienone is 1. The first kappa shape index (κ1) is 12.2. The Bertz CT molecular complexity index is 204. The van der Waals surface area contributed by atoms with Gasteiger partial charge >= 0.3 is 0 Å². The minimum atomic E-state index is -0.163. The molecule has 0 heterocycles. The van der Waals surface area contributed by atoms with Crippen molar-refractivity contribution < 1.29 is 4.79 Å². The number of nitrogens with one attached hydrogen (secondary N) is 1. The topological polar surface area (TPSA) is 29.1 Å². The van der Waals surface area contributed by atoms with Crippen molar-refractivity contribution in [3.8, 4) is 0 Å². The van der Waals surface area contributed by atoms with Crippen LogP contribution in [0.2, 0.25) is 0 Å². The Morgan fingerprint density at radius 2 is 1.85 bits per heavy atom. The highest BCUT2D eigenvalue weighted by atomic mass is 16.1. The van der Waals surface area contributed by atoms with Crippen LogP contribution in [-0.2, 0) is 4.79 Å². The Labute approximate surface area is 81.4 Å². The minimum Gasteiger partial charge on any atom is -0.351 e. The molecule has 0 atom stereocenters. The lowest BCUT2D eigenvalue weighted by molar-refractivity contribution is -0.120. The van der Waals surface area contributed by atoms with Gasteiger partial charge in [0, 0.05) is 12.5 Å². The van der Waals surface area contributed by atoms with Crippen LogP contribution in [0.3, 0.4) is 0 Å². The van der Waals surface area contributed by atoms with E-state index in [9.17, 15) is 4.79 Å². The van der Waals surface area contributed by atoms with E-state index in [4.69, 9.17) is 0 Å². The van der Waals surface area contributed by atoms with Crippen LogP contribution in [0.5, 0.6) is 0 Å². The molecule has 0 aromatic heterocycles. The average molecular weight is 183 g/mol. The van der Waals surface area contributed by atoms with Crippen molar-refractivity contribution in [2.45, 2.75) is 46.6 Å². The fourth-order valence-electron chi connectivity index (χ4n) is 1.73. The predicted octanol–water partition coefficient (Wildman–Crippen LogP) is 2.50. The van der Waals surface area contributed by atoms with Gasteiger partial charge in [-0.1, -0.05) is 19.9 Å². The normalized spacial score (nSPS) is 12.4. The van der Waals surface area contributed by atoms with E-state index in [0.717, 1.165) is 6.42 Å². The summed E-state index contributed by atoms with van der Waals surface area (Å²) in [4.78, 5) is 10.9. The largest absolute Gasteiger partial charge is 0.351 e. The van der Waals surface area contributed by atoms with Gasteiger partial charge in [-0.15, -0.1) is 6.58 Å². The summed E-state index contributed by atoms with van der Waals surface area (Å²) in [7, 11) is 0. The Kier molecular flexibility index (Phi) is 3.71. The average Bonchev–Trinajstić information content (AvgIpc) is 1.81. The van der Waals surface area contributed by atoms with Gasteiger partial charge in [-0.05, 0) is 25.7 Å². The molecule has 0 aromatic carbocycles. The second kappa shape index (κ2) is 3.95. The SMILES string of the molecule is C=CC(C)(C)CC(C)(C)NC(C)=O. The van der Waals surface area contributed by atoms with Gasteiger partial charge in [0.1, 0.15) is 0 Å². The molecule has 0 aliphatic rings. The van der Waals surface area contributed by atoms with Crippen LogP contribution in [-0.4, -0.2) is 11.4 Å². The highest BCUT2D eigenvalue weighted by Crippen LogP contribution is 2.28. The van der Waals surface area contributed by atoms with E-state index in [1.54, 1.807) is 6.92 Å². The molecule has 0 fully saturated rings. The van der Waals surface area contributed by atoms with E-state index in [0.29, 0.717) is 0 Å². The number of rotatable bonds is 4. The van der Waals surface area contributed by atoms with Crippen molar-refractivity contribution in [1.29, 1.82) is 0 Å². The monoisotopic (exact) mass is 183 g/mol. The maximum absolute atomic E-state index is 10.9. The van der Waals surface area contributed by atoms with Crippen LogP contribution >= 0.6 is 0 Å². The van der Waals surface area contributed by atoms with E-state index in [1.807, 2.05) is 19.9 Å². The molecule has 1 amide bonds. The van der Waals surface area contributed by atoms with E-state index < -0.39 is 0 Å². The first-order valence-electron chi connectivity index (χ1n) is 4.61. The molecule has 0 aliphatic heterocycles. The molecule has 0 aliphatic carbocycles. The minimum absolute atomic E-state index is 0.0184. The van der Waals surface area contributed by atoms with Crippen molar-refractivity contribution in [3.63, 3.8) is 0 Å². The summed E-state index contributed by atoms with van der Waals surface area (Å²) in [6.45, 7) is 13.6. The molecular formula is C11H21NO. The molecule has 0 bridgehead atoms. The molecule has 0 unspecified atom stereocenters. The van der Waals surface area contributed by atoms with Gasteiger partial charge in [-0.25, -0.2) is 0 Å². The maximum atomic E-state index is 10.9. The maximum Gasteiger partial charge on any atom is 0.217 e. The zero-order valence-electron chi connectivity index (χ0n) is 9.40. The van der Waals surface area contributed by atoms with Crippen LogP contribution in [0.15, 0.2) is 12.7 Å². The summed E-state index contributed by atoms with van der Waals surface area (Å²) in [5, 5.41) is 2.92. The molecule has 0 saturated carbocycles. The molecule has 76 valence electrons. The van der Waals surface area contributed by atoms with Gasteiger partial charge in [-0.3, -0.25) is 4.79 Å². The Balaban J connectivity index is 4.32. The third-order valence-electron chi connectivity index (χ3n) is 1.96. The fourth-order valence-corrected chi connectivity index (χ4v) is 1.73. The second-order valence-electron chi connectivity index (χ2n) is 4.93. The molecular weight excluding hydrogens is 162 g/mol. The number of amides is 1. The molecule has 2 heteroatoms. The smallest absolute Gasteiger partial charge is 0.217 e. The van der Waals surface area contributed by atoms with Gasteiger partial charge in [0.05, 0.1) is 0 Å². The molecule has 0 radical (unpaired) electrons. The lowest BCUT2D eigenvalue weighted by Gasteiger charge is -2.33. The summed E-state index contributed by atoms with van der Waals surface area (Å²) in [5.74, 6) is 0.0184. The number of carbonyl (C=O) groups excluding carboxylic acids is 1. The summed E-state index contributed by atoms with van der Waals surface area (Å²) >= 11 is 0. The van der Waals surface area contributed by atoms with Gasteiger partial charge in [-0.2, -0.15) is 0 Å². The number of hydrogen-bond donors (Lipinski definition) is 1. The van der Waals surface area contributed by atoms with Crippen molar-refractivity contribution in [1.82, 2.24) is 5.32 Å². The first-order chi connectivity index (χ1) is 5.68. The van der Waals surface area contributed by atoms with Gasteiger partial charge < -0.3 is 5.32 Å². The molecule has 2 nitrogen and oxygen atoms in total. The van der Waals surface area contributed by atoms with Crippen molar-refractivity contribution in [3.05, 3.63) is 12.7 Å². The molecule has 0 spiro atoms. The molecule has 0 aromatic rings. The van der Waals surface area contributed by atoms with Gasteiger partial charge in [0.2, 0.25) is 5.91 Å². The van der Waals surface area contributed by atoms with Crippen molar-refractivity contribution in [2.75, 3.05) is 0 Å². The van der Waals surface area contributed by atoms with Crippen molar-refractivity contribution >= 4 is 5.91 Å². The number of carbonyl (C=O) groups is 1. The summed E-state index contributed by atoms with van der Waals surface area (Å²) in [5.41, 5.74) is -0.102. The third kappa shape index (κ3) is 5.45. The Hall–Kier alpha value is -0.790. The molecule has 13 heavy (non-hydrogen) atoms. The number of hydrogen-bond acceptors (Lipinski definition) is 1. The fraction of sp³-hybridized carbons (Fsp3) is 0.727. The third-order valence-corrected chi connectivity index (χ3v) is 1.96. The Morgan fingerprint density at radius 1 is 1.38 bits per heavy atom. The van der Waals surface area contributed by atoms with Crippen LogP contribution < -0.4 is 5.32 Å². The summed E-state index contributed by atoms with van der Waals surface area (Å²) in [6.07, 6.45) is 2.82. The van der Waals surface area contributed by atoms with Crippen LogP contribution in [0.25, 0.3) is 0 Å². The van der Waals surface area contributed by atoms with Crippen LogP contribution in [0.4, 0.5) is 0 Å². The zero-order valence-corrected chi connectivity index (χ0v) is 9.40. The molecule has 0 saturated heterocycles. The van der Waals surface area contributed by atoms with Gasteiger partial charge in [0.15, 0.2) is 0 Å². The van der Waals surface area contributed by atoms with Crippen molar-refractivity contribution in [2.24, 2.45) is 5.41 Å². The highest BCUT2D eigenvalue weighted by Gasteiger charge is 2.26. The van der Waals surface area contributed by atoms with E-state index in [2.05, 4.69) is 25.7 Å². The molecule has 1 N–H and O–H groups in total. The standard InChI is InChI=1S/C11H21NO/c1-7-10(3,4)8-11(5,6)12-9(2)13/h7H,1,8H2,2-6H3,(H,12,13). The van der Waals surface area contributed by atoms with E-state index >= 15 is 0 Å². The van der Waals surface area contributed by atoms with E-state index in [1.165, 1.54) is 0 Å². The summed E-state index contributed by atoms with van der Waals surface area (Å²) in [6, 6.07) is 0. The lowest BCUT2D eigenvalue weighted by atomic mass is 9.80. The zero-order chi connectivity index (χ0) is 10.7. The summed E-state index contributed by atoms with van der Waals surface area (Å²) < 4.78 is 0. The highest BCUT2D eigenvalue weighted by molar-refractivity contribution is 5.73. The predicted molar refractivity (Wildman–Crippen MR) is 56.5 cm³/mol. The van der Waals surface area contributed by atoms with E-state index in [-0.39, 0.29) is 16.9 Å². The lowest BCUT2D eigenvalue weighted by Crippen LogP contribution is -2.44. The molecule has 0 rings (SSSR count). The first-order valence-corrected chi connectivity index (χ1v) is 4.61.